The van der Waals surface area contributed by atoms with Gasteiger partial charge < -0.3 is 9.64 Å². The lowest BCUT2D eigenvalue weighted by Gasteiger charge is -2.36. The van der Waals surface area contributed by atoms with E-state index in [1.165, 1.54) is 32.2 Å². The van der Waals surface area contributed by atoms with Crippen molar-refractivity contribution in [1.82, 2.24) is 4.90 Å². The van der Waals surface area contributed by atoms with Crippen LogP contribution in [0.3, 0.4) is 0 Å². The Labute approximate surface area is 128 Å². The van der Waals surface area contributed by atoms with E-state index >= 15 is 0 Å². The third-order valence-corrected chi connectivity index (χ3v) is 4.18. The third kappa shape index (κ3) is 4.85. The van der Waals surface area contributed by atoms with E-state index in [1.54, 1.807) is 12.1 Å². The van der Waals surface area contributed by atoms with Gasteiger partial charge in [-0.3, -0.25) is 0 Å². The highest BCUT2D eigenvalue weighted by atomic mass is 16.5. The zero-order valence-electron chi connectivity index (χ0n) is 13.3. The fourth-order valence-corrected chi connectivity index (χ4v) is 3.16. The van der Waals surface area contributed by atoms with Crippen molar-refractivity contribution in [2.75, 3.05) is 13.1 Å². The first-order valence-electron chi connectivity index (χ1n) is 8.20. The lowest BCUT2D eigenvalue weighted by molar-refractivity contribution is 0.0210. The number of rotatable bonds is 6. The molecule has 1 aliphatic heterocycles. The summed E-state index contributed by atoms with van der Waals surface area (Å²) in [5, 5.41) is 0. The van der Waals surface area contributed by atoms with Gasteiger partial charge in [-0.25, -0.2) is 4.79 Å². The van der Waals surface area contributed by atoms with Crippen molar-refractivity contribution in [2.45, 2.75) is 58.1 Å². The second-order valence-corrected chi connectivity index (χ2v) is 6.00. The Hall–Kier alpha value is -1.35. The summed E-state index contributed by atoms with van der Waals surface area (Å²) in [6.45, 7) is 6.59. The largest absolute Gasteiger partial charge is 0.459 e. The highest BCUT2D eigenvalue weighted by molar-refractivity contribution is 5.89. The predicted octanol–water partition coefficient (Wildman–Crippen LogP) is 3.89. The first kappa shape index (κ1) is 16.0. The molecule has 1 aliphatic rings. The Morgan fingerprint density at radius 3 is 2.81 bits per heavy atom. The minimum atomic E-state index is -0.207. The van der Waals surface area contributed by atoms with Gasteiger partial charge in [0.05, 0.1) is 5.56 Å². The van der Waals surface area contributed by atoms with Gasteiger partial charge in [-0.1, -0.05) is 31.5 Å². The molecule has 0 unspecified atom stereocenters. The average molecular weight is 289 g/mol. The van der Waals surface area contributed by atoms with Gasteiger partial charge in [0.1, 0.15) is 6.10 Å². The van der Waals surface area contributed by atoms with Crippen molar-refractivity contribution < 1.29 is 9.53 Å². The fourth-order valence-electron chi connectivity index (χ4n) is 3.16. The van der Waals surface area contributed by atoms with Crippen molar-refractivity contribution in [3.05, 3.63) is 35.9 Å². The van der Waals surface area contributed by atoms with Crippen LogP contribution in [0.2, 0.25) is 0 Å². The molecule has 21 heavy (non-hydrogen) atoms. The molecule has 3 heteroatoms. The quantitative estimate of drug-likeness (QED) is 0.744. The average Bonchev–Trinajstić information content (AvgIpc) is 2.50. The van der Waals surface area contributed by atoms with Crippen molar-refractivity contribution in [2.24, 2.45) is 0 Å². The molecular formula is C18H27NO2. The highest BCUT2D eigenvalue weighted by Gasteiger charge is 2.24. The fraction of sp³-hybridized carbons (Fsp3) is 0.611. The minimum absolute atomic E-state index is 0.0276. The first-order valence-corrected chi connectivity index (χ1v) is 8.20. The maximum absolute atomic E-state index is 12.1. The molecule has 2 atom stereocenters. The van der Waals surface area contributed by atoms with Crippen LogP contribution in [0.15, 0.2) is 30.3 Å². The van der Waals surface area contributed by atoms with Crippen LogP contribution in [0, 0.1) is 0 Å². The molecule has 116 valence electrons. The van der Waals surface area contributed by atoms with Crippen molar-refractivity contribution in [1.29, 1.82) is 0 Å². The maximum Gasteiger partial charge on any atom is 0.338 e. The standard InChI is InChI=1S/C18H27NO2/c1-3-12-19-13-8-7-11-17(19)14-15(2)21-18(20)16-9-5-4-6-10-16/h4-6,9-10,15,17H,3,7-8,11-14H2,1-2H3/t15-,17-/m0/s1. The topological polar surface area (TPSA) is 29.5 Å². The Bertz CT molecular complexity index is 430. The van der Waals surface area contributed by atoms with Gasteiger partial charge in [0.15, 0.2) is 0 Å². The van der Waals surface area contributed by atoms with Crippen LogP contribution in [-0.4, -0.2) is 36.1 Å². The number of piperidine rings is 1. The van der Waals surface area contributed by atoms with Crippen LogP contribution < -0.4 is 0 Å². The number of carbonyl (C=O) groups excluding carboxylic acids is 1. The van der Waals surface area contributed by atoms with E-state index in [0.717, 1.165) is 13.0 Å². The molecule has 0 bridgehead atoms. The lowest BCUT2D eigenvalue weighted by Crippen LogP contribution is -2.42. The van der Waals surface area contributed by atoms with Crippen LogP contribution in [0.5, 0.6) is 0 Å². The molecule has 2 rings (SSSR count). The van der Waals surface area contributed by atoms with E-state index < -0.39 is 0 Å². The molecule has 0 aromatic heterocycles. The van der Waals surface area contributed by atoms with Gasteiger partial charge in [-0.05, 0) is 57.8 Å². The van der Waals surface area contributed by atoms with Crippen molar-refractivity contribution in [3.63, 3.8) is 0 Å². The summed E-state index contributed by atoms with van der Waals surface area (Å²) in [5.41, 5.74) is 0.637. The molecule has 1 heterocycles. The van der Waals surface area contributed by atoms with E-state index in [1.807, 2.05) is 25.1 Å². The summed E-state index contributed by atoms with van der Waals surface area (Å²) in [6.07, 6.45) is 5.93. The Kier molecular flexibility index (Phi) is 6.24. The molecule has 1 aromatic rings. The molecule has 0 spiro atoms. The normalized spacial score (nSPS) is 21.0. The Morgan fingerprint density at radius 1 is 1.33 bits per heavy atom. The van der Waals surface area contributed by atoms with Crippen molar-refractivity contribution in [3.8, 4) is 0 Å². The summed E-state index contributed by atoms with van der Waals surface area (Å²) >= 11 is 0. The van der Waals surface area contributed by atoms with Crippen molar-refractivity contribution >= 4 is 5.97 Å². The van der Waals surface area contributed by atoms with Gasteiger partial charge in [-0.2, -0.15) is 0 Å². The molecule has 1 fully saturated rings. The van der Waals surface area contributed by atoms with Crippen LogP contribution in [0.4, 0.5) is 0 Å². The van der Waals surface area contributed by atoms with Gasteiger partial charge in [0, 0.05) is 6.04 Å². The number of benzene rings is 1. The van der Waals surface area contributed by atoms with E-state index in [9.17, 15) is 4.79 Å². The van der Waals surface area contributed by atoms with E-state index in [4.69, 9.17) is 4.74 Å². The van der Waals surface area contributed by atoms with E-state index in [-0.39, 0.29) is 12.1 Å². The van der Waals surface area contributed by atoms with Crippen LogP contribution in [0.1, 0.15) is 56.3 Å². The number of esters is 1. The SMILES string of the molecule is CCCN1CCCC[C@H]1C[C@H](C)OC(=O)c1ccccc1. The Morgan fingerprint density at radius 2 is 2.10 bits per heavy atom. The number of carbonyl (C=O) groups is 1. The summed E-state index contributed by atoms with van der Waals surface area (Å²) in [5.74, 6) is -0.207. The lowest BCUT2D eigenvalue weighted by atomic mass is 9.97. The van der Waals surface area contributed by atoms with Gasteiger partial charge in [0.25, 0.3) is 0 Å². The molecule has 0 amide bonds. The minimum Gasteiger partial charge on any atom is -0.459 e. The van der Waals surface area contributed by atoms with Crippen LogP contribution in [0.25, 0.3) is 0 Å². The molecule has 0 radical (unpaired) electrons. The monoisotopic (exact) mass is 289 g/mol. The number of likely N-dealkylation sites (tertiary alicyclic amines) is 1. The number of nitrogens with zero attached hydrogens (tertiary/aromatic N) is 1. The molecular weight excluding hydrogens is 262 g/mol. The second kappa shape index (κ2) is 8.18. The molecule has 1 aromatic carbocycles. The molecule has 1 saturated heterocycles. The van der Waals surface area contributed by atoms with Crippen LogP contribution in [-0.2, 0) is 4.74 Å². The number of ether oxygens (including phenoxy) is 1. The summed E-state index contributed by atoms with van der Waals surface area (Å²) in [6, 6.07) is 9.82. The molecule has 0 N–H and O–H groups in total. The first-order chi connectivity index (χ1) is 10.2. The smallest absolute Gasteiger partial charge is 0.338 e. The highest BCUT2D eigenvalue weighted by Crippen LogP contribution is 2.22. The zero-order chi connectivity index (χ0) is 15.1. The third-order valence-electron chi connectivity index (χ3n) is 4.18. The summed E-state index contributed by atoms with van der Waals surface area (Å²) in [7, 11) is 0. The van der Waals surface area contributed by atoms with Crippen LogP contribution >= 0.6 is 0 Å². The molecule has 0 aliphatic carbocycles. The second-order valence-electron chi connectivity index (χ2n) is 6.00. The molecule has 0 saturated carbocycles. The summed E-state index contributed by atoms with van der Waals surface area (Å²) in [4.78, 5) is 14.6. The van der Waals surface area contributed by atoms with E-state index in [0.29, 0.717) is 11.6 Å². The van der Waals surface area contributed by atoms with E-state index in [2.05, 4.69) is 11.8 Å². The number of hydrogen-bond donors (Lipinski definition) is 0. The number of hydrogen-bond acceptors (Lipinski definition) is 3. The maximum atomic E-state index is 12.1. The Balaban J connectivity index is 1.85. The van der Waals surface area contributed by atoms with Gasteiger partial charge in [0.2, 0.25) is 0 Å². The summed E-state index contributed by atoms with van der Waals surface area (Å²) < 4.78 is 5.60. The predicted molar refractivity (Wildman–Crippen MR) is 85.4 cm³/mol. The zero-order valence-corrected chi connectivity index (χ0v) is 13.3. The molecule has 3 nitrogen and oxygen atoms in total. The van der Waals surface area contributed by atoms with Gasteiger partial charge >= 0.3 is 5.97 Å². The van der Waals surface area contributed by atoms with Gasteiger partial charge in [-0.15, -0.1) is 0 Å².